The molecule has 0 bridgehead atoms. The molecule has 0 heterocycles. The van der Waals surface area contributed by atoms with Crippen LogP contribution < -0.4 is 5.32 Å². The van der Waals surface area contributed by atoms with Crippen LogP contribution in [0.5, 0.6) is 0 Å². The zero-order valence-electron chi connectivity index (χ0n) is 14.4. The number of ether oxygens (including phenoxy) is 1. The molecule has 0 aromatic heterocycles. The van der Waals surface area contributed by atoms with Crippen molar-refractivity contribution in [2.24, 2.45) is 5.92 Å². The van der Waals surface area contributed by atoms with E-state index in [1.165, 1.54) is 7.11 Å². The largest absolute Gasteiger partial charge is 0.468 e. The first-order valence-electron chi connectivity index (χ1n) is 8.20. The molecule has 5 heteroatoms. The van der Waals surface area contributed by atoms with E-state index in [2.05, 4.69) is 43.1 Å². The minimum absolute atomic E-state index is 0.0993. The second-order valence-electron chi connectivity index (χ2n) is 6.35. The van der Waals surface area contributed by atoms with E-state index in [-0.39, 0.29) is 5.97 Å². The molecule has 1 aliphatic carbocycles. The van der Waals surface area contributed by atoms with Gasteiger partial charge in [-0.1, -0.05) is 13.8 Å². The third kappa shape index (κ3) is 5.24. The molecule has 0 radical (unpaired) electrons. The van der Waals surface area contributed by atoms with E-state index < -0.39 is 5.54 Å². The van der Waals surface area contributed by atoms with Gasteiger partial charge in [-0.2, -0.15) is 0 Å². The molecule has 0 amide bonds. The summed E-state index contributed by atoms with van der Waals surface area (Å²) in [5.41, 5.74) is -0.523. The molecular weight excluding hydrogens is 266 g/mol. The molecule has 21 heavy (non-hydrogen) atoms. The van der Waals surface area contributed by atoms with Crippen LogP contribution in [0.4, 0.5) is 0 Å². The van der Waals surface area contributed by atoms with Crippen LogP contribution in [0, 0.1) is 5.92 Å². The lowest BCUT2D eigenvalue weighted by Crippen LogP contribution is -2.61. The van der Waals surface area contributed by atoms with Gasteiger partial charge in [-0.05, 0) is 52.4 Å². The highest BCUT2D eigenvalue weighted by Gasteiger charge is 2.52. The van der Waals surface area contributed by atoms with Crippen LogP contribution in [0.3, 0.4) is 0 Å². The number of likely N-dealkylation sites (N-methyl/N-ethyl adjacent to an activating group) is 2. The van der Waals surface area contributed by atoms with E-state index in [1.54, 1.807) is 0 Å². The number of nitrogens with one attached hydrogen (secondary N) is 1. The predicted molar refractivity (Wildman–Crippen MR) is 86.4 cm³/mol. The normalized spacial score (nSPS) is 18.0. The summed E-state index contributed by atoms with van der Waals surface area (Å²) in [4.78, 5) is 17.0. The van der Waals surface area contributed by atoms with Gasteiger partial charge >= 0.3 is 5.97 Å². The number of carbonyl (C=O) groups excluding carboxylic acids is 1. The van der Waals surface area contributed by atoms with E-state index >= 15 is 0 Å². The van der Waals surface area contributed by atoms with Gasteiger partial charge in [0.25, 0.3) is 0 Å². The smallest absolute Gasteiger partial charge is 0.327 e. The van der Waals surface area contributed by atoms with Crippen LogP contribution in [0.25, 0.3) is 0 Å². The standard InChI is InChI=1S/C16H33N3O2/c1-6-10-19(12-11-18(3)4)13-16(17-7-2,14-8-9-14)15(20)21-5/h14,17H,6-13H2,1-5H3. The number of esters is 1. The Labute approximate surface area is 130 Å². The molecule has 0 aromatic carbocycles. The Morgan fingerprint density at radius 3 is 2.33 bits per heavy atom. The van der Waals surface area contributed by atoms with Gasteiger partial charge in [0.1, 0.15) is 5.54 Å². The highest BCUT2D eigenvalue weighted by Crippen LogP contribution is 2.41. The second kappa shape index (κ2) is 8.71. The number of rotatable bonds is 11. The Morgan fingerprint density at radius 1 is 1.24 bits per heavy atom. The molecule has 0 spiro atoms. The molecule has 1 N–H and O–H groups in total. The van der Waals surface area contributed by atoms with Crippen molar-refractivity contribution < 1.29 is 9.53 Å². The van der Waals surface area contributed by atoms with Crippen LogP contribution in [-0.4, -0.2) is 75.2 Å². The minimum Gasteiger partial charge on any atom is -0.468 e. The van der Waals surface area contributed by atoms with Crippen molar-refractivity contribution in [3.8, 4) is 0 Å². The molecule has 1 rings (SSSR count). The zero-order valence-corrected chi connectivity index (χ0v) is 14.4. The highest BCUT2D eigenvalue weighted by molar-refractivity contribution is 5.82. The Hall–Kier alpha value is -0.650. The molecular formula is C16H33N3O2. The van der Waals surface area contributed by atoms with Gasteiger partial charge in [0.2, 0.25) is 0 Å². The fraction of sp³-hybridized carbons (Fsp3) is 0.938. The van der Waals surface area contributed by atoms with Crippen LogP contribution in [0.2, 0.25) is 0 Å². The number of methoxy groups -OCH3 is 1. The van der Waals surface area contributed by atoms with Gasteiger partial charge < -0.3 is 15.0 Å². The fourth-order valence-corrected chi connectivity index (χ4v) is 2.99. The molecule has 1 aliphatic rings. The monoisotopic (exact) mass is 299 g/mol. The number of hydrogen-bond acceptors (Lipinski definition) is 5. The lowest BCUT2D eigenvalue weighted by molar-refractivity contribution is -0.150. The quantitative estimate of drug-likeness (QED) is 0.581. The Morgan fingerprint density at radius 2 is 1.90 bits per heavy atom. The van der Waals surface area contributed by atoms with Gasteiger partial charge in [0, 0.05) is 19.6 Å². The zero-order chi connectivity index (χ0) is 15.9. The maximum absolute atomic E-state index is 12.5. The second-order valence-corrected chi connectivity index (χ2v) is 6.35. The first-order chi connectivity index (χ1) is 10.00. The first kappa shape index (κ1) is 18.4. The lowest BCUT2D eigenvalue weighted by Gasteiger charge is -2.37. The average Bonchev–Trinajstić information content (AvgIpc) is 3.28. The van der Waals surface area contributed by atoms with Crippen molar-refractivity contribution in [2.75, 3.05) is 53.9 Å². The third-order valence-electron chi connectivity index (χ3n) is 4.19. The minimum atomic E-state index is -0.523. The van der Waals surface area contributed by atoms with Crippen LogP contribution in [0.15, 0.2) is 0 Å². The summed E-state index contributed by atoms with van der Waals surface area (Å²) < 4.78 is 5.14. The van der Waals surface area contributed by atoms with E-state index in [9.17, 15) is 4.79 Å². The molecule has 1 fully saturated rings. The van der Waals surface area contributed by atoms with E-state index in [0.717, 1.165) is 52.0 Å². The van der Waals surface area contributed by atoms with Crippen molar-refractivity contribution >= 4 is 5.97 Å². The number of hydrogen-bond donors (Lipinski definition) is 1. The van der Waals surface area contributed by atoms with E-state index in [4.69, 9.17) is 4.74 Å². The van der Waals surface area contributed by atoms with Crippen LogP contribution in [-0.2, 0) is 9.53 Å². The van der Waals surface area contributed by atoms with Crippen molar-refractivity contribution in [3.63, 3.8) is 0 Å². The van der Waals surface area contributed by atoms with Gasteiger partial charge in [0.15, 0.2) is 0 Å². The molecule has 0 aromatic rings. The predicted octanol–water partition coefficient (Wildman–Crippen LogP) is 1.19. The average molecular weight is 299 g/mol. The number of carbonyl (C=O) groups is 1. The molecule has 1 saturated carbocycles. The van der Waals surface area contributed by atoms with E-state index in [1.807, 2.05) is 0 Å². The van der Waals surface area contributed by atoms with Gasteiger partial charge in [-0.3, -0.25) is 4.90 Å². The van der Waals surface area contributed by atoms with Gasteiger partial charge in [-0.15, -0.1) is 0 Å². The summed E-state index contributed by atoms with van der Waals surface area (Å²) in [6.45, 7) is 8.80. The Bertz CT molecular complexity index is 319. The van der Waals surface area contributed by atoms with Gasteiger partial charge in [-0.25, -0.2) is 4.79 Å². The van der Waals surface area contributed by atoms with Crippen LogP contribution >= 0.6 is 0 Å². The summed E-state index contributed by atoms with van der Waals surface area (Å²) in [6, 6.07) is 0. The topological polar surface area (TPSA) is 44.8 Å². The maximum atomic E-state index is 12.5. The summed E-state index contributed by atoms with van der Waals surface area (Å²) in [6.07, 6.45) is 3.34. The first-order valence-corrected chi connectivity index (χ1v) is 8.20. The Kier molecular flexibility index (Phi) is 7.63. The maximum Gasteiger partial charge on any atom is 0.327 e. The van der Waals surface area contributed by atoms with Crippen LogP contribution in [0.1, 0.15) is 33.1 Å². The molecule has 0 aliphatic heterocycles. The lowest BCUT2D eigenvalue weighted by atomic mass is 9.92. The van der Waals surface area contributed by atoms with Crippen molar-refractivity contribution in [1.82, 2.24) is 15.1 Å². The van der Waals surface area contributed by atoms with Crippen molar-refractivity contribution in [2.45, 2.75) is 38.6 Å². The molecule has 0 saturated heterocycles. The third-order valence-corrected chi connectivity index (χ3v) is 4.19. The van der Waals surface area contributed by atoms with Crippen molar-refractivity contribution in [1.29, 1.82) is 0 Å². The summed E-state index contributed by atoms with van der Waals surface area (Å²) in [7, 11) is 5.67. The molecule has 1 atom stereocenters. The van der Waals surface area contributed by atoms with E-state index in [0.29, 0.717) is 5.92 Å². The summed E-state index contributed by atoms with van der Waals surface area (Å²) >= 11 is 0. The molecule has 1 unspecified atom stereocenters. The Balaban J connectivity index is 2.82. The summed E-state index contributed by atoms with van der Waals surface area (Å²) in [5, 5.41) is 3.46. The SMILES string of the molecule is CCCN(CCN(C)C)CC(NCC)(C(=O)OC)C1CC1. The molecule has 124 valence electrons. The highest BCUT2D eigenvalue weighted by atomic mass is 16.5. The van der Waals surface area contributed by atoms with Gasteiger partial charge in [0.05, 0.1) is 7.11 Å². The fourth-order valence-electron chi connectivity index (χ4n) is 2.99. The molecule has 5 nitrogen and oxygen atoms in total. The van der Waals surface area contributed by atoms with Crippen molar-refractivity contribution in [3.05, 3.63) is 0 Å². The summed E-state index contributed by atoms with van der Waals surface area (Å²) in [5.74, 6) is 0.321. The number of nitrogens with zero attached hydrogens (tertiary/aromatic N) is 2.